The smallest absolute Gasteiger partial charge is 0.337 e. The molecule has 0 aliphatic rings. The first kappa shape index (κ1) is 18.7. The maximum Gasteiger partial charge on any atom is 0.337 e. The van der Waals surface area contributed by atoms with Crippen molar-refractivity contribution in [3.05, 3.63) is 52.8 Å². The molecule has 0 radical (unpaired) electrons. The van der Waals surface area contributed by atoms with Crippen molar-refractivity contribution < 1.29 is 14.3 Å². The number of nitrogens with one attached hydrogen (secondary N) is 2. The molecule has 0 spiro atoms. The highest BCUT2D eigenvalue weighted by Crippen LogP contribution is 2.27. The molecule has 0 unspecified atom stereocenters. The van der Waals surface area contributed by atoms with Crippen LogP contribution in [0.3, 0.4) is 0 Å². The second-order valence-corrected chi connectivity index (χ2v) is 6.28. The van der Waals surface area contributed by atoms with Crippen LogP contribution < -0.4 is 10.6 Å². The number of aromatic nitrogens is 1. The Morgan fingerprint density at radius 1 is 1.20 bits per heavy atom. The summed E-state index contributed by atoms with van der Waals surface area (Å²) in [7, 11) is 1.31. The highest BCUT2D eigenvalue weighted by molar-refractivity contribution is 6.33. The van der Waals surface area contributed by atoms with Crippen LogP contribution in [0.2, 0.25) is 5.02 Å². The van der Waals surface area contributed by atoms with Gasteiger partial charge in [0.15, 0.2) is 0 Å². The number of anilines is 2. The third kappa shape index (κ3) is 5.19. The van der Waals surface area contributed by atoms with Crippen LogP contribution in [0, 0.1) is 5.92 Å². The van der Waals surface area contributed by atoms with Crippen molar-refractivity contribution in [1.29, 1.82) is 0 Å². The van der Waals surface area contributed by atoms with E-state index < -0.39 is 5.97 Å². The van der Waals surface area contributed by atoms with E-state index in [1.807, 2.05) is 13.8 Å². The Morgan fingerprint density at radius 2 is 1.96 bits per heavy atom. The Morgan fingerprint density at radius 3 is 2.64 bits per heavy atom. The molecular weight excluding hydrogens is 342 g/mol. The fraction of sp³-hybridized carbons (Fsp3) is 0.278. The lowest BCUT2D eigenvalue weighted by atomic mass is 10.2. The number of rotatable bonds is 6. The highest BCUT2D eigenvalue weighted by Gasteiger charge is 2.11. The molecule has 1 aromatic carbocycles. The Labute approximate surface area is 151 Å². The Hall–Kier alpha value is -2.60. The average Bonchev–Trinajstić information content (AvgIpc) is 2.61. The van der Waals surface area contributed by atoms with Crippen molar-refractivity contribution in [3.8, 4) is 0 Å². The third-order valence-corrected chi connectivity index (χ3v) is 3.67. The zero-order valence-electron chi connectivity index (χ0n) is 14.3. The van der Waals surface area contributed by atoms with Gasteiger partial charge in [-0.3, -0.25) is 9.78 Å². The van der Waals surface area contributed by atoms with Gasteiger partial charge in [0.05, 0.1) is 40.8 Å². The number of hydrogen-bond acceptors (Lipinski definition) is 5. The lowest BCUT2D eigenvalue weighted by molar-refractivity contribution is 0.0600. The van der Waals surface area contributed by atoms with Crippen LogP contribution in [-0.4, -0.2) is 30.5 Å². The van der Waals surface area contributed by atoms with E-state index in [1.54, 1.807) is 30.5 Å². The molecule has 1 heterocycles. The van der Waals surface area contributed by atoms with E-state index in [0.29, 0.717) is 40.0 Å². The molecule has 0 fully saturated rings. The van der Waals surface area contributed by atoms with Crippen molar-refractivity contribution in [2.75, 3.05) is 19.0 Å². The standard InChI is InChI=1S/C18H20ClN3O3/c1-11(2)8-21-17(23)13-6-14(10-20-9-13)22-16-7-12(18(24)25-3)4-5-15(16)19/h4-7,9-11,22H,8H2,1-3H3,(H,21,23). The van der Waals surface area contributed by atoms with Crippen LogP contribution in [0.25, 0.3) is 0 Å². The van der Waals surface area contributed by atoms with Gasteiger partial charge in [-0.2, -0.15) is 0 Å². The minimum atomic E-state index is -0.459. The number of methoxy groups -OCH3 is 1. The summed E-state index contributed by atoms with van der Waals surface area (Å²) < 4.78 is 4.70. The number of carbonyl (C=O) groups excluding carboxylic acids is 2. The first-order valence-corrected chi connectivity index (χ1v) is 8.16. The number of halogens is 1. The van der Waals surface area contributed by atoms with Crippen LogP contribution in [0.15, 0.2) is 36.7 Å². The summed E-state index contributed by atoms with van der Waals surface area (Å²) in [5, 5.41) is 6.34. The van der Waals surface area contributed by atoms with Gasteiger partial charge in [0.2, 0.25) is 0 Å². The van der Waals surface area contributed by atoms with Crippen LogP contribution in [0.4, 0.5) is 11.4 Å². The molecule has 0 atom stereocenters. The molecule has 2 aromatic rings. The second kappa shape index (κ2) is 8.48. The van der Waals surface area contributed by atoms with Gasteiger partial charge < -0.3 is 15.4 Å². The van der Waals surface area contributed by atoms with Crippen LogP contribution >= 0.6 is 11.6 Å². The van der Waals surface area contributed by atoms with Gasteiger partial charge in [-0.25, -0.2) is 4.79 Å². The summed E-state index contributed by atoms with van der Waals surface area (Å²) in [4.78, 5) is 27.9. The Balaban J connectivity index is 2.19. The summed E-state index contributed by atoms with van der Waals surface area (Å²) in [5.74, 6) is -0.294. The molecule has 25 heavy (non-hydrogen) atoms. The molecule has 0 aliphatic heterocycles. The monoisotopic (exact) mass is 361 g/mol. The molecule has 2 rings (SSSR count). The fourth-order valence-electron chi connectivity index (χ4n) is 2.05. The zero-order valence-corrected chi connectivity index (χ0v) is 15.1. The molecule has 6 nitrogen and oxygen atoms in total. The topological polar surface area (TPSA) is 80.3 Å². The lowest BCUT2D eigenvalue weighted by Gasteiger charge is -2.11. The van der Waals surface area contributed by atoms with Crippen molar-refractivity contribution in [2.24, 2.45) is 5.92 Å². The maximum absolute atomic E-state index is 12.1. The fourth-order valence-corrected chi connectivity index (χ4v) is 2.22. The SMILES string of the molecule is COC(=O)c1ccc(Cl)c(Nc2cncc(C(=O)NCC(C)C)c2)c1. The molecule has 1 amide bonds. The van der Waals surface area contributed by atoms with E-state index in [9.17, 15) is 9.59 Å². The molecule has 0 saturated heterocycles. The van der Waals surface area contributed by atoms with E-state index in [-0.39, 0.29) is 5.91 Å². The van der Waals surface area contributed by atoms with Gasteiger partial charge in [-0.1, -0.05) is 25.4 Å². The zero-order chi connectivity index (χ0) is 18.4. The first-order chi connectivity index (χ1) is 11.9. The molecule has 0 aliphatic carbocycles. The number of esters is 1. The predicted molar refractivity (Wildman–Crippen MR) is 97.5 cm³/mol. The molecule has 0 saturated carbocycles. The third-order valence-electron chi connectivity index (χ3n) is 3.34. The summed E-state index contributed by atoms with van der Waals surface area (Å²) >= 11 is 6.17. The van der Waals surface area contributed by atoms with Crippen molar-refractivity contribution in [2.45, 2.75) is 13.8 Å². The quantitative estimate of drug-likeness (QED) is 0.767. The molecule has 0 bridgehead atoms. The molecule has 2 N–H and O–H groups in total. The van der Waals surface area contributed by atoms with Crippen molar-refractivity contribution in [1.82, 2.24) is 10.3 Å². The van der Waals surface area contributed by atoms with E-state index in [1.165, 1.54) is 13.3 Å². The van der Waals surface area contributed by atoms with Gasteiger partial charge in [-0.05, 0) is 30.2 Å². The van der Waals surface area contributed by atoms with Crippen LogP contribution in [0.1, 0.15) is 34.6 Å². The minimum Gasteiger partial charge on any atom is -0.465 e. The summed E-state index contributed by atoms with van der Waals surface area (Å²) in [6.07, 6.45) is 3.06. The number of benzene rings is 1. The number of amides is 1. The highest BCUT2D eigenvalue weighted by atomic mass is 35.5. The maximum atomic E-state index is 12.1. The van der Waals surface area contributed by atoms with Crippen LogP contribution in [-0.2, 0) is 4.74 Å². The normalized spacial score (nSPS) is 10.4. The van der Waals surface area contributed by atoms with Gasteiger partial charge in [0.25, 0.3) is 5.91 Å². The number of ether oxygens (including phenoxy) is 1. The van der Waals surface area contributed by atoms with Gasteiger partial charge >= 0.3 is 5.97 Å². The minimum absolute atomic E-state index is 0.195. The lowest BCUT2D eigenvalue weighted by Crippen LogP contribution is -2.27. The first-order valence-electron chi connectivity index (χ1n) is 7.79. The number of carbonyl (C=O) groups is 2. The number of nitrogens with zero attached hydrogens (tertiary/aromatic N) is 1. The van der Waals surface area contributed by atoms with Crippen molar-refractivity contribution in [3.63, 3.8) is 0 Å². The molecule has 132 valence electrons. The second-order valence-electron chi connectivity index (χ2n) is 5.88. The van der Waals surface area contributed by atoms with Gasteiger partial charge in [0, 0.05) is 12.7 Å². The number of pyridine rings is 1. The average molecular weight is 362 g/mol. The Bertz CT molecular complexity index is 778. The Kier molecular flexibility index (Phi) is 6.36. The van der Waals surface area contributed by atoms with Gasteiger partial charge in [0.1, 0.15) is 0 Å². The summed E-state index contributed by atoms with van der Waals surface area (Å²) in [5.41, 5.74) is 1.91. The van der Waals surface area contributed by atoms with E-state index in [4.69, 9.17) is 16.3 Å². The summed E-state index contributed by atoms with van der Waals surface area (Å²) in [6.45, 7) is 4.63. The van der Waals surface area contributed by atoms with Crippen LogP contribution in [0.5, 0.6) is 0 Å². The predicted octanol–water partition coefficient (Wildman–Crippen LogP) is 3.65. The molecule has 1 aromatic heterocycles. The molecular formula is C18H20ClN3O3. The largest absolute Gasteiger partial charge is 0.465 e. The summed E-state index contributed by atoms with van der Waals surface area (Å²) in [6, 6.07) is 6.43. The van der Waals surface area contributed by atoms with Crippen molar-refractivity contribution >= 4 is 34.9 Å². The van der Waals surface area contributed by atoms with E-state index >= 15 is 0 Å². The van der Waals surface area contributed by atoms with E-state index in [2.05, 4.69) is 15.6 Å². The number of hydrogen-bond donors (Lipinski definition) is 2. The van der Waals surface area contributed by atoms with E-state index in [0.717, 1.165) is 0 Å². The van der Waals surface area contributed by atoms with Gasteiger partial charge in [-0.15, -0.1) is 0 Å². The molecule has 7 heteroatoms.